The van der Waals surface area contributed by atoms with Crippen molar-refractivity contribution in [1.82, 2.24) is 9.97 Å². The first kappa shape index (κ1) is 13.5. The molecule has 1 aliphatic carbocycles. The maximum Gasteiger partial charge on any atom is 0.250 e. The van der Waals surface area contributed by atoms with Gasteiger partial charge in [-0.2, -0.15) is 0 Å². The highest BCUT2D eigenvalue weighted by Gasteiger charge is 2.27. The molecule has 3 rings (SSSR count). The van der Waals surface area contributed by atoms with Gasteiger partial charge in [-0.3, -0.25) is 4.79 Å². The maximum absolute atomic E-state index is 11.5. The van der Waals surface area contributed by atoms with Gasteiger partial charge in [-0.1, -0.05) is 12.1 Å². The van der Waals surface area contributed by atoms with E-state index < -0.39 is 5.91 Å². The van der Waals surface area contributed by atoms with Gasteiger partial charge in [0.2, 0.25) is 0 Å². The van der Waals surface area contributed by atoms with Crippen LogP contribution in [0.5, 0.6) is 0 Å². The minimum atomic E-state index is -0.455. The van der Waals surface area contributed by atoms with E-state index >= 15 is 0 Å². The normalized spacial score (nSPS) is 14.0. The van der Waals surface area contributed by atoms with Crippen LogP contribution in [0.15, 0.2) is 24.3 Å². The molecule has 2 aromatic rings. The Morgan fingerprint density at radius 1 is 1.24 bits per heavy atom. The Morgan fingerprint density at radius 3 is 2.62 bits per heavy atom. The van der Waals surface area contributed by atoms with E-state index in [1.165, 1.54) is 0 Å². The minimum Gasteiger partial charge on any atom is -0.366 e. The fourth-order valence-corrected chi connectivity index (χ4v) is 2.23. The lowest BCUT2D eigenvalue weighted by Gasteiger charge is -2.14. The lowest BCUT2D eigenvalue weighted by molar-refractivity contribution is 0.100. The first-order valence-corrected chi connectivity index (χ1v) is 7.07. The highest BCUT2D eigenvalue weighted by Crippen LogP contribution is 2.39. The van der Waals surface area contributed by atoms with Crippen molar-refractivity contribution in [2.24, 2.45) is 5.73 Å². The molecule has 0 radical (unpaired) electrons. The van der Waals surface area contributed by atoms with Crippen molar-refractivity contribution in [2.75, 3.05) is 5.32 Å². The molecule has 1 amide bonds. The molecule has 21 heavy (non-hydrogen) atoms. The molecule has 0 spiro atoms. The molecule has 1 aromatic heterocycles. The fraction of sp³-hybridized carbons (Fsp3) is 0.312. The Bertz CT molecular complexity index is 707. The highest BCUT2D eigenvalue weighted by atomic mass is 16.1. The first-order valence-electron chi connectivity index (χ1n) is 7.07. The van der Waals surface area contributed by atoms with Crippen LogP contribution in [-0.2, 0) is 0 Å². The number of amides is 1. The van der Waals surface area contributed by atoms with Gasteiger partial charge in [-0.25, -0.2) is 9.97 Å². The van der Waals surface area contributed by atoms with E-state index in [-0.39, 0.29) is 0 Å². The molecular weight excluding hydrogens is 264 g/mol. The Morgan fingerprint density at radius 2 is 1.95 bits per heavy atom. The van der Waals surface area contributed by atoms with Crippen LogP contribution in [0.2, 0.25) is 0 Å². The molecule has 0 bridgehead atoms. The summed E-state index contributed by atoms with van der Waals surface area (Å²) in [4.78, 5) is 20.7. The van der Waals surface area contributed by atoms with Crippen LogP contribution in [0.3, 0.4) is 0 Å². The summed E-state index contributed by atoms with van der Waals surface area (Å²) in [5.41, 5.74) is 8.49. The number of rotatable bonds is 4. The first-order chi connectivity index (χ1) is 10.1. The zero-order valence-electron chi connectivity index (χ0n) is 12.2. The van der Waals surface area contributed by atoms with Gasteiger partial charge in [0.1, 0.15) is 11.6 Å². The van der Waals surface area contributed by atoms with Crippen molar-refractivity contribution in [3.05, 3.63) is 46.9 Å². The molecule has 1 fully saturated rings. The number of aromatic nitrogens is 2. The molecular formula is C16H18N4O. The third-order valence-corrected chi connectivity index (χ3v) is 3.79. The number of hydrogen-bond donors (Lipinski definition) is 2. The smallest absolute Gasteiger partial charge is 0.250 e. The zero-order chi connectivity index (χ0) is 15.0. The quantitative estimate of drug-likeness (QED) is 0.903. The van der Waals surface area contributed by atoms with Gasteiger partial charge in [0, 0.05) is 17.2 Å². The molecule has 0 atom stereocenters. The number of nitrogens with one attached hydrogen (secondary N) is 1. The highest BCUT2D eigenvalue weighted by molar-refractivity contribution is 5.99. The van der Waals surface area contributed by atoms with Gasteiger partial charge in [-0.15, -0.1) is 0 Å². The number of para-hydroxylation sites is 1. The summed E-state index contributed by atoms with van der Waals surface area (Å²) in [7, 11) is 0. The number of nitrogens with zero attached hydrogens (tertiary/aromatic N) is 2. The summed E-state index contributed by atoms with van der Waals surface area (Å²) < 4.78 is 0. The van der Waals surface area contributed by atoms with Gasteiger partial charge in [0.25, 0.3) is 5.91 Å². The van der Waals surface area contributed by atoms with E-state index in [2.05, 4.69) is 15.3 Å². The van der Waals surface area contributed by atoms with E-state index in [0.29, 0.717) is 17.2 Å². The predicted molar refractivity (Wildman–Crippen MR) is 81.7 cm³/mol. The fourth-order valence-electron chi connectivity index (χ4n) is 2.23. The average molecular weight is 282 g/mol. The summed E-state index contributed by atoms with van der Waals surface area (Å²) in [6.45, 7) is 3.95. The number of benzene rings is 1. The third-order valence-electron chi connectivity index (χ3n) is 3.79. The minimum absolute atomic E-state index is 0.455. The van der Waals surface area contributed by atoms with Crippen molar-refractivity contribution in [2.45, 2.75) is 32.6 Å². The van der Waals surface area contributed by atoms with Gasteiger partial charge in [0.05, 0.1) is 11.3 Å². The van der Waals surface area contributed by atoms with Crippen LogP contribution >= 0.6 is 0 Å². The van der Waals surface area contributed by atoms with E-state index in [1.807, 2.05) is 26.0 Å². The number of carbonyl (C=O) groups excluding carboxylic acids is 1. The Balaban J connectivity index is 2.00. The maximum atomic E-state index is 11.5. The molecule has 5 heteroatoms. The summed E-state index contributed by atoms with van der Waals surface area (Å²) in [6, 6.07) is 7.18. The second kappa shape index (κ2) is 5.16. The third kappa shape index (κ3) is 2.72. The molecule has 3 N–H and O–H groups in total. The van der Waals surface area contributed by atoms with Crippen molar-refractivity contribution in [3.63, 3.8) is 0 Å². The number of anilines is 2. The molecule has 0 aliphatic heterocycles. The lowest BCUT2D eigenvalue weighted by atomic mass is 10.1. The van der Waals surface area contributed by atoms with Crippen molar-refractivity contribution < 1.29 is 4.79 Å². The van der Waals surface area contributed by atoms with Crippen molar-refractivity contribution >= 4 is 17.4 Å². The van der Waals surface area contributed by atoms with E-state index in [0.717, 1.165) is 35.7 Å². The monoisotopic (exact) mass is 282 g/mol. The second-order valence-corrected chi connectivity index (χ2v) is 5.45. The lowest BCUT2D eigenvalue weighted by Crippen LogP contribution is -2.14. The summed E-state index contributed by atoms with van der Waals surface area (Å²) in [5.74, 6) is 1.66. The number of nitrogens with two attached hydrogens (primary N) is 1. The van der Waals surface area contributed by atoms with Crippen molar-refractivity contribution in [1.29, 1.82) is 0 Å². The molecule has 1 heterocycles. The molecule has 108 valence electrons. The summed E-state index contributed by atoms with van der Waals surface area (Å²) in [6.07, 6.45) is 2.31. The molecule has 1 aromatic carbocycles. The number of hydrogen-bond acceptors (Lipinski definition) is 4. The van der Waals surface area contributed by atoms with E-state index in [9.17, 15) is 4.79 Å². The molecule has 0 saturated heterocycles. The topological polar surface area (TPSA) is 80.9 Å². The summed E-state index contributed by atoms with van der Waals surface area (Å²) in [5, 5.41) is 3.23. The second-order valence-electron chi connectivity index (χ2n) is 5.45. The SMILES string of the molecule is Cc1nc(C2CC2)nc(Nc2ccccc2C(N)=O)c1C. The predicted octanol–water partition coefficient (Wildman–Crippen LogP) is 2.81. The van der Waals surface area contributed by atoms with Crippen LogP contribution in [0.25, 0.3) is 0 Å². The van der Waals surface area contributed by atoms with Gasteiger partial charge in [0.15, 0.2) is 0 Å². The summed E-state index contributed by atoms with van der Waals surface area (Å²) >= 11 is 0. The average Bonchev–Trinajstić information content (AvgIpc) is 3.28. The van der Waals surface area contributed by atoms with Crippen LogP contribution in [0, 0.1) is 13.8 Å². The van der Waals surface area contributed by atoms with Gasteiger partial charge < -0.3 is 11.1 Å². The Hall–Kier alpha value is -2.43. The number of primary amides is 1. The molecule has 1 aliphatic rings. The Labute approximate surface area is 123 Å². The van der Waals surface area contributed by atoms with Crippen LogP contribution in [-0.4, -0.2) is 15.9 Å². The molecule has 1 saturated carbocycles. The molecule has 0 unspecified atom stereocenters. The van der Waals surface area contributed by atoms with Crippen LogP contribution < -0.4 is 11.1 Å². The number of carbonyl (C=O) groups is 1. The van der Waals surface area contributed by atoms with Gasteiger partial charge in [-0.05, 0) is 38.8 Å². The largest absolute Gasteiger partial charge is 0.366 e. The van der Waals surface area contributed by atoms with Gasteiger partial charge >= 0.3 is 0 Å². The molecule has 5 nitrogen and oxygen atoms in total. The van der Waals surface area contributed by atoms with E-state index in [1.54, 1.807) is 12.1 Å². The van der Waals surface area contributed by atoms with Crippen molar-refractivity contribution in [3.8, 4) is 0 Å². The van der Waals surface area contributed by atoms with Crippen LogP contribution in [0.4, 0.5) is 11.5 Å². The standard InChI is InChI=1S/C16H18N4O/c1-9-10(2)18-16(11-7-8-11)20-15(9)19-13-6-4-3-5-12(13)14(17)21/h3-6,11H,7-8H2,1-2H3,(H2,17,21)(H,18,19,20). The van der Waals surface area contributed by atoms with E-state index in [4.69, 9.17) is 5.73 Å². The Kier molecular flexibility index (Phi) is 3.33. The zero-order valence-corrected chi connectivity index (χ0v) is 12.2. The van der Waals surface area contributed by atoms with Crippen LogP contribution in [0.1, 0.15) is 46.2 Å². The number of aryl methyl sites for hydroxylation is 1.